The van der Waals surface area contributed by atoms with Crippen LogP contribution in [-0.4, -0.2) is 32.3 Å². The summed E-state index contributed by atoms with van der Waals surface area (Å²) in [4.78, 5) is 13.1. The molecule has 5 heteroatoms. The van der Waals surface area contributed by atoms with E-state index < -0.39 is 5.41 Å². The molecule has 148 valence electrons. The lowest BCUT2D eigenvalue weighted by Crippen LogP contribution is -2.46. The van der Waals surface area contributed by atoms with Crippen LogP contribution in [0, 0.1) is 11.2 Å². The standard InChI is InChI=1S/C23H26FNO3/c1-27-21-9-6-17(24)14-20(21)19-5-3-2-4-16(19)15-23(10-12-28-13-11-23)22(26)25-18-7-8-18/h2-6,9,14,18H,7-8,10-13,15H2,1H3,(H,25,26). The van der Waals surface area contributed by atoms with E-state index in [1.54, 1.807) is 13.2 Å². The molecule has 1 aliphatic carbocycles. The highest BCUT2D eigenvalue weighted by atomic mass is 19.1. The molecule has 0 spiro atoms. The van der Waals surface area contributed by atoms with E-state index in [0.29, 0.717) is 49.8 Å². The van der Waals surface area contributed by atoms with Crippen LogP contribution in [-0.2, 0) is 16.0 Å². The lowest BCUT2D eigenvalue weighted by Gasteiger charge is -2.36. The predicted octanol–water partition coefficient (Wildman–Crippen LogP) is 4.12. The molecule has 1 amide bonds. The van der Waals surface area contributed by atoms with Gasteiger partial charge in [-0.2, -0.15) is 0 Å². The summed E-state index contributed by atoms with van der Waals surface area (Å²) in [6.45, 7) is 1.17. The SMILES string of the molecule is COc1ccc(F)cc1-c1ccccc1CC1(C(=O)NC2CC2)CCOCC1. The summed E-state index contributed by atoms with van der Waals surface area (Å²) in [5, 5.41) is 3.20. The van der Waals surface area contributed by atoms with E-state index in [-0.39, 0.29) is 11.7 Å². The van der Waals surface area contributed by atoms with Gasteiger partial charge in [0.25, 0.3) is 0 Å². The van der Waals surface area contributed by atoms with E-state index in [1.807, 2.05) is 24.3 Å². The minimum absolute atomic E-state index is 0.124. The Morgan fingerprint density at radius 1 is 1.18 bits per heavy atom. The van der Waals surface area contributed by atoms with Crippen molar-refractivity contribution in [1.29, 1.82) is 0 Å². The largest absolute Gasteiger partial charge is 0.496 e. The van der Waals surface area contributed by atoms with Crippen molar-refractivity contribution >= 4 is 5.91 Å². The Labute approximate surface area is 165 Å². The third-order valence-corrected chi connectivity index (χ3v) is 5.84. The Bertz CT molecular complexity index is 857. The summed E-state index contributed by atoms with van der Waals surface area (Å²) < 4.78 is 25.0. The second-order valence-corrected chi connectivity index (χ2v) is 7.82. The number of carbonyl (C=O) groups excluding carboxylic acids is 1. The zero-order valence-electron chi connectivity index (χ0n) is 16.2. The number of halogens is 1. The van der Waals surface area contributed by atoms with Crippen molar-refractivity contribution in [3.05, 3.63) is 53.8 Å². The summed E-state index contributed by atoms with van der Waals surface area (Å²) in [5.41, 5.74) is 2.16. The van der Waals surface area contributed by atoms with Crippen LogP contribution < -0.4 is 10.1 Å². The van der Waals surface area contributed by atoms with Gasteiger partial charge in [0.15, 0.2) is 0 Å². The van der Waals surface area contributed by atoms with Crippen molar-refractivity contribution in [2.75, 3.05) is 20.3 Å². The van der Waals surface area contributed by atoms with E-state index in [9.17, 15) is 9.18 Å². The topological polar surface area (TPSA) is 47.6 Å². The molecule has 0 radical (unpaired) electrons. The van der Waals surface area contributed by atoms with Gasteiger partial charge in [0.2, 0.25) is 5.91 Å². The fraction of sp³-hybridized carbons (Fsp3) is 0.435. The smallest absolute Gasteiger partial charge is 0.226 e. The van der Waals surface area contributed by atoms with Crippen LogP contribution in [0.3, 0.4) is 0 Å². The summed E-state index contributed by atoms with van der Waals surface area (Å²) in [5.74, 6) is 0.439. The van der Waals surface area contributed by atoms with E-state index >= 15 is 0 Å². The quantitative estimate of drug-likeness (QED) is 0.816. The van der Waals surface area contributed by atoms with E-state index in [0.717, 1.165) is 24.0 Å². The lowest BCUT2D eigenvalue weighted by molar-refractivity contribution is -0.136. The monoisotopic (exact) mass is 383 g/mol. The number of benzene rings is 2. The van der Waals surface area contributed by atoms with Gasteiger partial charge in [0, 0.05) is 24.8 Å². The maximum atomic E-state index is 14.0. The molecular formula is C23H26FNO3. The van der Waals surface area contributed by atoms with Crippen molar-refractivity contribution in [3.8, 4) is 16.9 Å². The molecule has 1 aliphatic heterocycles. The van der Waals surface area contributed by atoms with Crippen molar-refractivity contribution in [2.24, 2.45) is 5.41 Å². The molecular weight excluding hydrogens is 357 g/mol. The number of nitrogens with one attached hydrogen (secondary N) is 1. The number of carbonyl (C=O) groups is 1. The van der Waals surface area contributed by atoms with Gasteiger partial charge in [-0.1, -0.05) is 24.3 Å². The van der Waals surface area contributed by atoms with Gasteiger partial charge >= 0.3 is 0 Å². The first-order chi connectivity index (χ1) is 13.6. The number of methoxy groups -OCH3 is 1. The second kappa shape index (κ2) is 7.92. The zero-order valence-corrected chi connectivity index (χ0v) is 16.2. The van der Waals surface area contributed by atoms with Crippen LogP contribution in [0.5, 0.6) is 5.75 Å². The van der Waals surface area contributed by atoms with E-state index in [1.165, 1.54) is 12.1 Å². The van der Waals surface area contributed by atoms with Crippen LogP contribution in [0.25, 0.3) is 11.1 Å². The molecule has 0 unspecified atom stereocenters. The zero-order chi connectivity index (χ0) is 19.6. The van der Waals surface area contributed by atoms with Crippen molar-refractivity contribution in [1.82, 2.24) is 5.32 Å². The molecule has 2 aromatic rings. The van der Waals surface area contributed by atoms with Gasteiger partial charge < -0.3 is 14.8 Å². The van der Waals surface area contributed by atoms with Crippen LogP contribution in [0.2, 0.25) is 0 Å². The average Bonchev–Trinajstić information content (AvgIpc) is 3.53. The van der Waals surface area contributed by atoms with Gasteiger partial charge in [-0.15, -0.1) is 0 Å². The first-order valence-electron chi connectivity index (χ1n) is 9.92. The van der Waals surface area contributed by atoms with E-state index in [2.05, 4.69) is 5.32 Å². The minimum Gasteiger partial charge on any atom is -0.496 e. The third kappa shape index (κ3) is 3.90. The maximum Gasteiger partial charge on any atom is 0.226 e. The average molecular weight is 383 g/mol. The molecule has 0 atom stereocenters. The molecule has 2 fully saturated rings. The number of hydrogen-bond donors (Lipinski definition) is 1. The molecule has 2 aromatic carbocycles. The molecule has 1 N–H and O–H groups in total. The predicted molar refractivity (Wildman–Crippen MR) is 106 cm³/mol. The second-order valence-electron chi connectivity index (χ2n) is 7.82. The molecule has 4 rings (SSSR count). The molecule has 1 saturated heterocycles. The normalized spacial score (nSPS) is 18.5. The first kappa shape index (κ1) is 18.9. The summed E-state index contributed by atoms with van der Waals surface area (Å²) in [6, 6.07) is 12.8. The highest BCUT2D eigenvalue weighted by Crippen LogP contribution is 2.40. The van der Waals surface area contributed by atoms with Crippen LogP contribution >= 0.6 is 0 Å². The molecule has 0 aromatic heterocycles. The van der Waals surface area contributed by atoms with Gasteiger partial charge in [-0.3, -0.25) is 4.79 Å². The Morgan fingerprint density at radius 2 is 1.93 bits per heavy atom. The molecule has 1 saturated carbocycles. The molecule has 28 heavy (non-hydrogen) atoms. The number of ether oxygens (including phenoxy) is 2. The van der Waals surface area contributed by atoms with Crippen LogP contribution in [0.4, 0.5) is 4.39 Å². The maximum absolute atomic E-state index is 14.0. The Morgan fingerprint density at radius 3 is 2.64 bits per heavy atom. The Hall–Kier alpha value is -2.40. The van der Waals surface area contributed by atoms with Gasteiger partial charge in [0.1, 0.15) is 11.6 Å². The highest BCUT2D eigenvalue weighted by Gasteiger charge is 2.42. The summed E-state index contributed by atoms with van der Waals surface area (Å²) in [7, 11) is 1.59. The molecule has 2 aliphatic rings. The van der Waals surface area contributed by atoms with Gasteiger partial charge in [-0.25, -0.2) is 4.39 Å². The van der Waals surface area contributed by atoms with Crippen LogP contribution in [0.15, 0.2) is 42.5 Å². The summed E-state index contributed by atoms with van der Waals surface area (Å²) in [6.07, 6.45) is 4.12. The fourth-order valence-corrected chi connectivity index (χ4v) is 4.00. The number of amides is 1. The number of hydrogen-bond acceptors (Lipinski definition) is 3. The Kier molecular flexibility index (Phi) is 5.36. The summed E-state index contributed by atoms with van der Waals surface area (Å²) >= 11 is 0. The lowest BCUT2D eigenvalue weighted by atomic mass is 9.73. The molecule has 0 bridgehead atoms. The van der Waals surface area contributed by atoms with Crippen molar-refractivity contribution in [3.63, 3.8) is 0 Å². The van der Waals surface area contributed by atoms with Crippen molar-refractivity contribution in [2.45, 2.75) is 38.1 Å². The van der Waals surface area contributed by atoms with Gasteiger partial charge in [0.05, 0.1) is 12.5 Å². The number of rotatable bonds is 6. The van der Waals surface area contributed by atoms with Crippen molar-refractivity contribution < 1.29 is 18.7 Å². The Balaban J connectivity index is 1.71. The van der Waals surface area contributed by atoms with E-state index in [4.69, 9.17) is 9.47 Å². The third-order valence-electron chi connectivity index (χ3n) is 5.84. The molecule has 1 heterocycles. The molecule has 4 nitrogen and oxygen atoms in total. The highest BCUT2D eigenvalue weighted by molar-refractivity contribution is 5.84. The van der Waals surface area contributed by atoms with Crippen LogP contribution in [0.1, 0.15) is 31.2 Å². The van der Waals surface area contributed by atoms with Gasteiger partial charge in [-0.05, 0) is 61.4 Å². The fourth-order valence-electron chi connectivity index (χ4n) is 4.00. The first-order valence-corrected chi connectivity index (χ1v) is 9.92. The minimum atomic E-state index is -0.489.